The lowest BCUT2D eigenvalue weighted by Gasteiger charge is -2.21. The Morgan fingerprint density at radius 2 is 1.93 bits per heavy atom. The summed E-state index contributed by atoms with van der Waals surface area (Å²) in [6.45, 7) is 9.50. The lowest BCUT2D eigenvalue weighted by Crippen LogP contribution is -2.34. The Bertz CT molecular complexity index is 1070. The molecular weight excluding hydrogens is 364 g/mol. The molecule has 3 aromatic rings. The first-order chi connectivity index (χ1) is 13.9. The Kier molecular flexibility index (Phi) is 6.44. The smallest absolute Gasteiger partial charge is 0.258 e. The van der Waals surface area contributed by atoms with Crippen LogP contribution in [0.25, 0.3) is 10.9 Å². The van der Waals surface area contributed by atoms with Crippen LogP contribution < -0.4 is 10.9 Å². The van der Waals surface area contributed by atoms with E-state index in [2.05, 4.69) is 35.2 Å². The average molecular weight is 393 g/mol. The average Bonchev–Trinajstić information content (AvgIpc) is 2.69. The molecule has 3 rings (SSSR count). The highest BCUT2D eigenvalue weighted by Gasteiger charge is 2.15. The molecule has 2 N–H and O–H groups in total. The fourth-order valence-electron chi connectivity index (χ4n) is 3.43. The number of anilines is 1. The van der Waals surface area contributed by atoms with Gasteiger partial charge in [0.15, 0.2) is 0 Å². The van der Waals surface area contributed by atoms with Gasteiger partial charge in [-0.3, -0.25) is 14.5 Å². The summed E-state index contributed by atoms with van der Waals surface area (Å²) in [5.74, 6) is 0.799. The number of likely N-dealkylation sites (N-methyl/N-ethyl adjacent to an activating group) is 1. The molecule has 6 nitrogen and oxygen atoms in total. The molecular formula is C23H28N4O2. The van der Waals surface area contributed by atoms with Crippen LogP contribution >= 0.6 is 0 Å². The van der Waals surface area contributed by atoms with E-state index in [1.807, 2.05) is 49.1 Å². The highest BCUT2D eigenvalue weighted by atomic mass is 16.2. The minimum atomic E-state index is -0.160. The van der Waals surface area contributed by atoms with Gasteiger partial charge in [0, 0.05) is 5.69 Å². The van der Waals surface area contributed by atoms with Crippen LogP contribution in [0.5, 0.6) is 0 Å². The number of carbonyl (C=O) groups excluding carboxylic acids is 1. The van der Waals surface area contributed by atoms with Crippen LogP contribution in [0.3, 0.4) is 0 Å². The molecule has 1 heterocycles. The molecule has 0 aliphatic heterocycles. The standard InChI is InChI=1S/C23H28N4O2/c1-5-27(13-20-24-19-12-7-6-10-18(19)23(29)25-20)14-21(28)26-22-16(4)9-8-11-17(22)15(2)3/h6-12,15H,5,13-14H2,1-4H3,(H,26,28)(H,24,25,29). The van der Waals surface area contributed by atoms with Crippen LogP contribution in [-0.2, 0) is 11.3 Å². The Hall–Kier alpha value is -2.99. The van der Waals surface area contributed by atoms with E-state index in [0.29, 0.717) is 35.7 Å². The van der Waals surface area contributed by atoms with Crippen LogP contribution in [0.15, 0.2) is 47.3 Å². The lowest BCUT2D eigenvalue weighted by molar-refractivity contribution is -0.117. The minimum absolute atomic E-state index is 0.0776. The third-order valence-electron chi connectivity index (χ3n) is 5.04. The fraction of sp³-hybridized carbons (Fsp3) is 0.348. The van der Waals surface area contributed by atoms with E-state index in [1.54, 1.807) is 6.07 Å². The molecule has 0 saturated heterocycles. The number of nitrogens with zero attached hydrogens (tertiary/aromatic N) is 2. The van der Waals surface area contributed by atoms with E-state index in [0.717, 1.165) is 16.8 Å². The summed E-state index contributed by atoms with van der Waals surface area (Å²) in [7, 11) is 0. The number of rotatable bonds is 7. The molecule has 0 atom stereocenters. The maximum atomic E-state index is 12.7. The van der Waals surface area contributed by atoms with Gasteiger partial charge in [0.2, 0.25) is 5.91 Å². The van der Waals surface area contributed by atoms with Crippen LogP contribution in [0, 0.1) is 6.92 Å². The number of nitrogens with one attached hydrogen (secondary N) is 2. The third-order valence-corrected chi connectivity index (χ3v) is 5.04. The second-order valence-electron chi connectivity index (χ2n) is 7.58. The van der Waals surface area contributed by atoms with E-state index in [4.69, 9.17) is 0 Å². The van der Waals surface area contributed by atoms with E-state index < -0.39 is 0 Å². The van der Waals surface area contributed by atoms with Crippen molar-refractivity contribution in [1.29, 1.82) is 0 Å². The van der Waals surface area contributed by atoms with Gasteiger partial charge < -0.3 is 10.3 Å². The van der Waals surface area contributed by atoms with Crippen molar-refractivity contribution in [1.82, 2.24) is 14.9 Å². The zero-order valence-corrected chi connectivity index (χ0v) is 17.5. The van der Waals surface area contributed by atoms with Crippen molar-refractivity contribution in [3.05, 3.63) is 69.8 Å². The predicted octanol–water partition coefficient (Wildman–Crippen LogP) is 3.82. The molecule has 0 unspecified atom stereocenters. The number of hydrogen-bond acceptors (Lipinski definition) is 4. The quantitative estimate of drug-likeness (QED) is 0.641. The van der Waals surface area contributed by atoms with Crippen LogP contribution in [0.4, 0.5) is 5.69 Å². The summed E-state index contributed by atoms with van der Waals surface area (Å²) in [6, 6.07) is 13.3. The number of carbonyl (C=O) groups is 1. The second-order valence-corrected chi connectivity index (χ2v) is 7.58. The monoisotopic (exact) mass is 392 g/mol. The lowest BCUT2D eigenvalue weighted by atomic mass is 9.98. The first kappa shape index (κ1) is 20.7. The van der Waals surface area contributed by atoms with Crippen molar-refractivity contribution in [2.75, 3.05) is 18.4 Å². The van der Waals surface area contributed by atoms with Gasteiger partial charge in [-0.05, 0) is 42.6 Å². The molecule has 0 spiro atoms. The molecule has 0 saturated carbocycles. The number of H-pyrrole nitrogens is 1. The zero-order valence-electron chi connectivity index (χ0n) is 17.5. The van der Waals surface area contributed by atoms with Crippen molar-refractivity contribution in [2.24, 2.45) is 0 Å². The van der Waals surface area contributed by atoms with Crippen LogP contribution in [-0.4, -0.2) is 33.9 Å². The van der Waals surface area contributed by atoms with Crippen molar-refractivity contribution in [3.8, 4) is 0 Å². The van der Waals surface area contributed by atoms with Crippen LogP contribution in [0.2, 0.25) is 0 Å². The summed E-state index contributed by atoms with van der Waals surface area (Å²) in [4.78, 5) is 34.3. The number of fused-ring (bicyclic) bond motifs is 1. The Morgan fingerprint density at radius 1 is 1.17 bits per heavy atom. The van der Waals surface area contributed by atoms with Gasteiger partial charge in [-0.2, -0.15) is 0 Å². The predicted molar refractivity (Wildman–Crippen MR) is 117 cm³/mol. The minimum Gasteiger partial charge on any atom is -0.324 e. The number of aryl methyl sites for hydroxylation is 1. The molecule has 1 aromatic heterocycles. The highest BCUT2D eigenvalue weighted by molar-refractivity contribution is 5.94. The SMILES string of the molecule is CCN(CC(=O)Nc1c(C)cccc1C(C)C)Cc1nc2ccccc2c(=O)[nH]1. The molecule has 0 radical (unpaired) electrons. The number of amides is 1. The van der Waals surface area contributed by atoms with Crippen molar-refractivity contribution in [3.63, 3.8) is 0 Å². The van der Waals surface area contributed by atoms with Crippen LogP contribution in [0.1, 0.15) is 43.6 Å². The fourth-order valence-corrected chi connectivity index (χ4v) is 3.43. The van der Waals surface area contributed by atoms with E-state index in [-0.39, 0.29) is 18.0 Å². The molecule has 6 heteroatoms. The first-order valence-electron chi connectivity index (χ1n) is 9.98. The topological polar surface area (TPSA) is 78.1 Å². The normalized spacial score (nSPS) is 11.4. The Morgan fingerprint density at radius 3 is 2.66 bits per heavy atom. The van der Waals surface area contributed by atoms with Gasteiger partial charge in [-0.25, -0.2) is 4.98 Å². The molecule has 152 valence electrons. The maximum absolute atomic E-state index is 12.7. The molecule has 2 aromatic carbocycles. The Balaban J connectivity index is 1.74. The molecule has 0 bridgehead atoms. The van der Waals surface area contributed by atoms with Gasteiger partial charge in [0.25, 0.3) is 5.56 Å². The number of aromatic amines is 1. The van der Waals surface area contributed by atoms with Gasteiger partial charge in [0.05, 0.1) is 24.0 Å². The first-order valence-corrected chi connectivity index (χ1v) is 9.98. The van der Waals surface area contributed by atoms with Gasteiger partial charge in [-0.15, -0.1) is 0 Å². The summed E-state index contributed by atoms with van der Waals surface area (Å²) < 4.78 is 0. The zero-order chi connectivity index (χ0) is 21.0. The Labute approximate surface area is 171 Å². The third kappa shape index (κ3) is 4.90. The van der Waals surface area contributed by atoms with E-state index in [1.165, 1.54) is 0 Å². The van der Waals surface area contributed by atoms with E-state index in [9.17, 15) is 9.59 Å². The van der Waals surface area contributed by atoms with E-state index >= 15 is 0 Å². The summed E-state index contributed by atoms with van der Waals surface area (Å²) in [5, 5.41) is 3.65. The van der Waals surface area contributed by atoms with Gasteiger partial charge >= 0.3 is 0 Å². The van der Waals surface area contributed by atoms with Crippen molar-refractivity contribution >= 4 is 22.5 Å². The number of hydrogen-bond donors (Lipinski definition) is 2. The largest absolute Gasteiger partial charge is 0.324 e. The molecule has 1 amide bonds. The maximum Gasteiger partial charge on any atom is 0.258 e. The molecule has 29 heavy (non-hydrogen) atoms. The molecule has 0 aliphatic carbocycles. The van der Waals surface area contributed by atoms with Crippen molar-refractivity contribution < 1.29 is 4.79 Å². The summed E-state index contributed by atoms with van der Waals surface area (Å²) in [5.41, 5.74) is 3.57. The van der Waals surface area contributed by atoms with Gasteiger partial charge in [0.1, 0.15) is 5.82 Å². The number of aromatic nitrogens is 2. The number of benzene rings is 2. The van der Waals surface area contributed by atoms with Crippen molar-refractivity contribution in [2.45, 2.75) is 40.2 Å². The molecule has 0 fully saturated rings. The highest BCUT2D eigenvalue weighted by Crippen LogP contribution is 2.27. The molecule has 0 aliphatic rings. The van der Waals surface area contributed by atoms with Gasteiger partial charge in [-0.1, -0.05) is 51.1 Å². The summed E-state index contributed by atoms with van der Waals surface area (Å²) >= 11 is 0. The second kappa shape index (κ2) is 9.01. The summed E-state index contributed by atoms with van der Waals surface area (Å²) in [6.07, 6.45) is 0. The number of para-hydroxylation sites is 2.